The number of hydrogen-bond acceptors (Lipinski definition) is 6. The molecule has 8 nitrogen and oxygen atoms in total. The number of aliphatic carboxylic acids is 2. The van der Waals surface area contributed by atoms with Crippen LogP contribution in [0.5, 0.6) is 0 Å². The van der Waals surface area contributed by atoms with Gasteiger partial charge in [0.25, 0.3) is 0 Å². The Kier molecular flexibility index (Phi) is 6.84. The zero-order valence-electron chi connectivity index (χ0n) is 17.2. The van der Waals surface area contributed by atoms with E-state index in [0.29, 0.717) is 11.1 Å². The fourth-order valence-electron chi connectivity index (χ4n) is 3.71. The van der Waals surface area contributed by atoms with Gasteiger partial charge in [-0.15, -0.1) is 0 Å². The van der Waals surface area contributed by atoms with Crippen molar-refractivity contribution >= 4 is 22.9 Å². The largest absolute Gasteiger partial charge is 0.481 e. The molecular formula is C23H24N2O6. The van der Waals surface area contributed by atoms with E-state index >= 15 is 0 Å². The first kappa shape index (κ1) is 22.2. The van der Waals surface area contributed by atoms with E-state index in [1.54, 1.807) is 38.4 Å². The maximum atomic E-state index is 12.9. The summed E-state index contributed by atoms with van der Waals surface area (Å²) in [5.74, 6) is -4.11. The van der Waals surface area contributed by atoms with Crippen molar-refractivity contribution < 1.29 is 24.2 Å². The molecule has 2 aromatic carbocycles. The summed E-state index contributed by atoms with van der Waals surface area (Å²) in [5.41, 5.74) is 0.904. The third-order valence-corrected chi connectivity index (χ3v) is 5.16. The van der Waals surface area contributed by atoms with Gasteiger partial charge in [-0.25, -0.2) is 0 Å². The van der Waals surface area contributed by atoms with Crippen LogP contribution in [0.1, 0.15) is 23.0 Å². The second-order valence-corrected chi connectivity index (χ2v) is 7.18. The summed E-state index contributed by atoms with van der Waals surface area (Å²) in [6.45, 7) is 0.120. The predicted molar refractivity (Wildman–Crippen MR) is 117 cm³/mol. The van der Waals surface area contributed by atoms with E-state index in [4.69, 9.17) is 4.42 Å². The van der Waals surface area contributed by atoms with Crippen molar-refractivity contribution in [2.24, 2.45) is 0 Å². The number of carboxylic acids is 2. The number of nitrogens with one attached hydrogen (secondary N) is 2. The fourth-order valence-corrected chi connectivity index (χ4v) is 3.71. The lowest BCUT2D eigenvalue weighted by Gasteiger charge is -2.22. The number of rotatable bonds is 9. The van der Waals surface area contributed by atoms with E-state index < -0.39 is 23.8 Å². The minimum Gasteiger partial charge on any atom is -0.481 e. The topological polar surface area (TPSA) is 129 Å². The Bertz CT molecular complexity index is 1160. The van der Waals surface area contributed by atoms with Gasteiger partial charge in [-0.2, -0.15) is 0 Å². The molecule has 4 N–H and O–H groups in total. The minimum absolute atomic E-state index is 0.0343. The molecule has 2 atom stereocenters. The Morgan fingerprint density at radius 2 is 1.55 bits per heavy atom. The van der Waals surface area contributed by atoms with Gasteiger partial charge in [0.2, 0.25) is 0 Å². The monoisotopic (exact) mass is 424 g/mol. The molecule has 3 aromatic rings. The van der Waals surface area contributed by atoms with E-state index in [0.717, 1.165) is 0 Å². The summed E-state index contributed by atoms with van der Waals surface area (Å²) in [5, 5.41) is 25.6. The van der Waals surface area contributed by atoms with Crippen LogP contribution in [0.2, 0.25) is 0 Å². The van der Waals surface area contributed by atoms with E-state index in [1.165, 1.54) is 18.2 Å². The minimum atomic E-state index is -1.15. The maximum absolute atomic E-state index is 12.9. The number of carbonyl (C=O) groups is 2. The molecule has 0 aliphatic rings. The van der Waals surface area contributed by atoms with Gasteiger partial charge in [0, 0.05) is 30.3 Å². The van der Waals surface area contributed by atoms with E-state index in [9.17, 15) is 24.6 Å². The zero-order chi connectivity index (χ0) is 22.5. The van der Waals surface area contributed by atoms with Crippen LogP contribution in [0.4, 0.5) is 0 Å². The van der Waals surface area contributed by atoms with Crippen LogP contribution in [-0.4, -0.2) is 49.3 Å². The standard InChI is InChI=1S/C23H24N2O6/c1-24-11-16(22(27)28)14-8-9-15-18(26)10-19(13-6-4-3-5-7-13)31-21(15)20(14)17(12-25-2)23(29)30/h3-10,16-17,24-25H,11-12H2,1-2H3,(H,27,28)(H,29,30). The molecule has 0 saturated heterocycles. The molecule has 0 amide bonds. The van der Waals surface area contributed by atoms with Crippen LogP contribution in [0.15, 0.2) is 57.7 Å². The van der Waals surface area contributed by atoms with Gasteiger partial charge >= 0.3 is 11.9 Å². The molecule has 0 aliphatic carbocycles. The SMILES string of the molecule is CNCC(C(=O)O)c1ccc2c(=O)cc(-c3ccccc3)oc2c1C(CNC)C(=O)O. The molecule has 0 spiro atoms. The number of likely N-dealkylation sites (N-methyl/N-ethyl adjacent to an activating group) is 2. The van der Waals surface area contributed by atoms with E-state index in [2.05, 4.69) is 10.6 Å². The average Bonchev–Trinajstić information content (AvgIpc) is 2.75. The van der Waals surface area contributed by atoms with Gasteiger partial charge in [-0.3, -0.25) is 14.4 Å². The smallest absolute Gasteiger partial charge is 0.312 e. The Hall–Kier alpha value is -3.49. The number of benzene rings is 2. The lowest BCUT2D eigenvalue weighted by Crippen LogP contribution is -2.30. The molecule has 2 unspecified atom stereocenters. The Morgan fingerprint density at radius 3 is 2.13 bits per heavy atom. The number of fused-ring (bicyclic) bond motifs is 1. The quantitative estimate of drug-likeness (QED) is 0.412. The third kappa shape index (κ3) is 4.50. The molecule has 0 aliphatic heterocycles. The maximum Gasteiger partial charge on any atom is 0.312 e. The Labute approximate surface area is 178 Å². The van der Waals surface area contributed by atoms with Crippen LogP contribution in [0.3, 0.4) is 0 Å². The van der Waals surface area contributed by atoms with Gasteiger partial charge in [-0.05, 0) is 25.7 Å². The highest BCUT2D eigenvalue weighted by atomic mass is 16.4. The summed E-state index contributed by atoms with van der Waals surface area (Å²) < 4.78 is 6.08. The highest BCUT2D eigenvalue weighted by Crippen LogP contribution is 2.35. The predicted octanol–water partition coefficient (Wildman–Crippen LogP) is 2.24. The van der Waals surface area contributed by atoms with Crippen LogP contribution >= 0.6 is 0 Å². The summed E-state index contributed by atoms with van der Waals surface area (Å²) in [7, 11) is 3.22. The van der Waals surface area contributed by atoms with Gasteiger partial charge in [-0.1, -0.05) is 36.4 Å². The molecule has 1 aromatic heterocycles. The van der Waals surface area contributed by atoms with Crippen LogP contribution in [-0.2, 0) is 9.59 Å². The highest BCUT2D eigenvalue weighted by molar-refractivity contribution is 5.91. The van der Waals surface area contributed by atoms with Crippen molar-refractivity contribution in [1.29, 1.82) is 0 Å². The average molecular weight is 424 g/mol. The number of carboxylic acid groups (broad SMARTS) is 2. The lowest BCUT2D eigenvalue weighted by atomic mass is 9.85. The van der Waals surface area contributed by atoms with Crippen molar-refractivity contribution in [3.05, 3.63) is 69.9 Å². The third-order valence-electron chi connectivity index (χ3n) is 5.16. The van der Waals surface area contributed by atoms with Gasteiger partial charge < -0.3 is 25.3 Å². The normalized spacial score (nSPS) is 13.1. The fraction of sp³-hybridized carbons (Fsp3) is 0.261. The van der Waals surface area contributed by atoms with Crippen molar-refractivity contribution in [1.82, 2.24) is 10.6 Å². The van der Waals surface area contributed by atoms with Crippen LogP contribution < -0.4 is 16.1 Å². The summed E-state index contributed by atoms with van der Waals surface area (Å²) >= 11 is 0. The molecule has 0 fully saturated rings. The van der Waals surface area contributed by atoms with E-state index in [1.807, 2.05) is 6.07 Å². The van der Waals surface area contributed by atoms with E-state index in [-0.39, 0.29) is 40.8 Å². The second kappa shape index (κ2) is 9.55. The molecule has 31 heavy (non-hydrogen) atoms. The van der Waals surface area contributed by atoms with Crippen molar-refractivity contribution in [3.8, 4) is 11.3 Å². The molecule has 1 heterocycles. The van der Waals surface area contributed by atoms with Gasteiger partial charge in [0.1, 0.15) is 11.3 Å². The summed E-state index contributed by atoms with van der Waals surface area (Å²) in [4.78, 5) is 37.0. The first-order valence-corrected chi connectivity index (χ1v) is 9.79. The van der Waals surface area contributed by atoms with Gasteiger partial charge in [0.05, 0.1) is 17.2 Å². The van der Waals surface area contributed by atoms with Crippen LogP contribution in [0.25, 0.3) is 22.3 Å². The lowest BCUT2D eigenvalue weighted by molar-refractivity contribution is -0.140. The second-order valence-electron chi connectivity index (χ2n) is 7.18. The summed E-state index contributed by atoms with van der Waals surface area (Å²) in [6, 6.07) is 13.3. The van der Waals surface area contributed by atoms with Crippen molar-refractivity contribution in [2.75, 3.05) is 27.2 Å². The zero-order valence-corrected chi connectivity index (χ0v) is 17.2. The molecule has 0 radical (unpaired) electrons. The summed E-state index contributed by atoms with van der Waals surface area (Å²) in [6.07, 6.45) is 0. The Morgan fingerprint density at radius 1 is 0.935 bits per heavy atom. The van der Waals surface area contributed by atoms with Gasteiger partial charge in [0.15, 0.2) is 5.43 Å². The molecule has 162 valence electrons. The van der Waals surface area contributed by atoms with Crippen molar-refractivity contribution in [2.45, 2.75) is 11.8 Å². The highest BCUT2D eigenvalue weighted by Gasteiger charge is 2.32. The molecular weight excluding hydrogens is 400 g/mol. The molecule has 3 rings (SSSR count). The molecule has 8 heteroatoms. The number of hydrogen-bond donors (Lipinski definition) is 4. The molecule has 0 bridgehead atoms. The van der Waals surface area contributed by atoms with Crippen molar-refractivity contribution in [3.63, 3.8) is 0 Å². The van der Waals surface area contributed by atoms with Crippen LogP contribution in [0, 0.1) is 0 Å². The first-order chi connectivity index (χ1) is 14.9. The molecule has 0 saturated carbocycles. The first-order valence-electron chi connectivity index (χ1n) is 9.79. The Balaban J connectivity index is 2.41.